The molecule has 0 bridgehead atoms. The Hall–Kier alpha value is -5.28. The van der Waals surface area contributed by atoms with Crippen LogP contribution in [-0.4, -0.2) is 9.97 Å². The van der Waals surface area contributed by atoms with E-state index in [0.29, 0.717) is 0 Å². The average Bonchev–Trinajstić information content (AvgIpc) is 3.53. The summed E-state index contributed by atoms with van der Waals surface area (Å²) in [7, 11) is 0. The maximum Gasteiger partial charge on any atom is 0.140 e. The Morgan fingerprint density at radius 2 is 1.36 bits per heavy atom. The fraction of sp³-hybridized carbons (Fsp3) is 0.0769. The molecule has 1 aliphatic rings. The molecule has 0 atom stereocenters. The number of nitrogens with zero attached hydrogens (tertiary/aromatic N) is 2. The molecule has 42 heavy (non-hydrogen) atoms. The van der Waals surface area contributed by atoms with E-state index in [1.165, 1.54) is 38.8 Å². The molecule has 0 N–H and O–H groups in total. The van der Waals surface area contributed by atoms with Crippen molar-refractivity contribution in [3.63, 3.8) is 0 Å². The van der Waals surface area contributed by atoms with E-state index in [4.69, 9.17) is 9.40 Å². The first-order valence-corrected chi connectivity index (χ1v) is 14.4. The van der Waals surface area contributed by atoms with Crippen LogP contribution in [0.1, 0.15) is 25.0 Å². The van der Waals surface area contributed by atoms with Gasteiger partial charge in [0, 0.05) is 44.3 Å². The van der Waals surface area contributed by atoms with Gasteiger partial charge in [-0.2, -0.15) is 0 Å². The first-order chi connectivity index (χ1) is 20.6. The van der Waals surface area contributed by atoms with Gasteiger partial charge in [-0.15, -0.1) is 0 Å². The molecule has 3 aromatic heterocycles. The second kappa shape index (κ2) is 8.37. The van der Waals surface area contributed by atoms with Crippen LogP contribution in [0.25, 0.3) is 77.3 Å². The Morgan fingerprint density at radius 1 is 0.619 bits per heavy atom. The predicted molar refractivity (Wildman–Crippen MR) is 173 cm³/mol. The Balaban J connectivity index is 1.26. The summed E-state index contributed by atoms with van der Waals surface area (Å²) >= 11 is 0. The molecule has 3 heteroatoms. The maximum absolute atomic E-state index is 6.58. The van der Waals surface area contributed by atoms with E-state index in [0.717, 1.165) is 49.6 Å². The lowest BCUT2D eigenvalue weighted by Crippen LogP contribution is -2.15. The van der Waals surface area contributed by atoms with E-state index in [1.54, 1.807) is 0 Å². The third-order valence-electron chi connectivity index (χ3n) is 9.09. The van der Waals surface area contributed by atoms with E-state index >= 15 is 0 Å². The van der Waals surface area contributed by atoms with Crippen molar-refractivity contribution in [3.05, 3.63) is 133 Å². The second-order valence-corrected chi connectivity index (χ2v) is 11.8. The van der Waals surface area contributed by atoms with Gasteiger partial charge < -0.3 is 4.42 Å². The lowest BCUT2D eigenvalue weighted by Gasteiger charge is -2.22. The monoisotopic (exact) mass is 538 g/mol. The van der Waals surface area contributed by atoms with Gasteiger partial charge in [0.1, 0.15) is 11.2 Å². The summed E-state index contributed by atoms with van der Waals surface area (Å²) in [4.78, 5) is 9.71. The highest BCUT2D eigenvalue weighted by Gasteiger charge is 2.40. The van der Waals surface area contributed by atoms with Gasteiger partial charge in [0.15, 0.2) is 0 Å². The van der Waals surface area contributed by atoms with Gasteiger partial charge in [0.2, 0.25) is 0 Å². The van der Waals surface area contributed by atoms with Crippen LogP contribution in [0.4, 0.5) is 0 Å². The molecule has 0 amide bonds. The fourth-order valence-corrected chi connectivity index (χ4v) is 7.05. The van der Waals surface area contributed by atoms with E-state index in [-0.39, 0.29) is 5.41 Å². The van der Waals surface area contributed by atoms with Crippen molar-refractivity contribution in [1.29, 1.82) is 0 Å². The number of benzene rings is 5. The van der Waals surface area contributed by atoms with Crippen molar-refractivity contribution in [2.45, 2.75) is 19.3 Å². The Kier molecular flexibility index (Phi) is 4.67. The van der Waals surface area contributed by atoms with Crippen molar-refractivity contribution in [2.75, 3.05) is 0 Å². The number of rotatable bonds is 2. The van der Waals surface area contributed by atoms with Crippen LogP contribution in [-0.2, 0) is 5.41 Å². The minimum atomic E-state index is -0.181. The summed E-state index contributed by atoms with van der Waals surface area (Å²) in [5, 5.41) is 4.52. The molecule has 0 radical (unpaired) electrons. The van der Waals surface area contributed by atoms with Gasteiger partial charge in [-0.05, 0) is 52.1 Å². The molecule has 3 heterocycles. The van der Waals surface area contributed by atoms with Crippen molar-refractivity contribution in [1.82, 2.24) is 9.97 Å². The Bertz CT molecular complexity index is 2380. The molecule has 0 saturated heterocycles. The minimum Gasteiger partial charge on any atom is -0.456 e. The molecule has 5 aromatic carbocycles. The lowest BCUT2D eigenvalue weighted by molar-refractivity contribution is 0.620. The zero-order valence-electron chi connectivity index (χ0n) is 23.3. The van der Waals surface area contributed by atoms with Crippen LogP contribution < -0.4 is 0 Å². The fourth-order valence-electron chi connectivity index (χ4n) is 7.05. The third-order valence-corrected chi connectivity index (χ3v) is 9.09. The maximum atomic E-state index is 6.58. The molecule has 8 aromatic rings. The smallest absolute Gasteiger partial charge is 0.140 e. The summed E-state index contributed by atoms with van der Waals surface area (Å²) in [5.41, 5.74) is 13.2. The standard InChI is InChI=1S/C39H26N2O/c1-39(2)31-11-5-3-10-28(31)34-29(22-30-27-9-4-6-12-33(27)42-38(30)35(34)39)23-13-15-24(16-14-23)32-20-19-26-18-17-25-8-7-21-40-36(25)37(26)41-32/h3-22H,1-2H3. The molecular weight excluding hydrogens is 512 g/mol. The van der Waals surface area contributed by atoms with Crippen LogP contribution in [0.15, 0.2) is 126 Å². The average molecular weight is 539 g/mol. The number of aromatic nitrogens is 2. The van der Waals surface area contributed by atoms with Gasteiger partial charge in [0.25, 0.3) is 0 Å². The third kappa shape index (κ3) is 3.16. The number of pyridine rings is 2. The molecular formula is C39H26N2O. The largest absolute Gasteiger partial charge is 0.456 e. The molecule has 0 fully saturated rings. The quantitative estimate of drug-likeness (QED) is 0.206. The van der Waals surface area contributed by atoms with Crippen molar-refractivity contribution in [3.8, 4) is 33.5 Å². The van der Waals surface area contributed by atoms with Gasteiger partial charge in [-0.1, -0.05) is 105 Å². The normalized spacial score (nSPS) is 13.7. The van der Waals surface area contributed by atoms with Crippen LogP contribution in [0.5, 0.6) is 0 Å². The summed E-state index contributed by atoms with van der Waals surface area (Å²) in [6.07, 6.45) is 1.84. The first kappa shape index (κ1) is 23.4. The highest BCUT2D eigenvalue weighted by atomic mass is 16.3. The highest BCUT2D eigenvalue weighted by molar-refractivity contribution is 6.12. The number of hydrogen-bond acceptors (Lipinski definition) is 3. The summed E-state index contributed by atoms with van der Waals surface area (Å²) < 4.78 is 6.58. The van der Waals surface area contributed by atoms with Crippen molar-refractivity contribution >= 4 is 43.7 Å². The predicted octanol–water partition coefficient (Wildman–Crippen LogP) is 10.3. The van der Waals surface area contributed by atoms with Crippen LogP contribution in [0, 0.1) is 0 Å². The lowest BCUT2D eigenvalue weighted by atomic mass is 9.81. The van der Waals surface area contributed by atoms with E-state index in [1.807, 2.05) is 18.3 Å². The summed E-state index contributed by atoms with van der Waals surface area (Å²) in [6, 6.07) is 40.9. The molecule has 1 aliphatic carbocycles. The number of hydrogen-bond donors (Lipinski definition) is 0. The van der Waals surface area contributed by atoms with Crippen LogP contribution >= 0.6 is 0 Å². The van der Waals surface area contributed by atoms with E-state index < -0.39 is 0 Å². The molecule has 3 nitrogen and oxygen atoms in total. The SMILES string of the molecule is CC1(C)c2ccccc2-c2c(-c3ccc(-c4ccc5ccc6cccnc6c5n4)cc3)cc3c(oc4ccccc43)c21. The molecule has 9 rings (SSSR count). The van der Waals surface area contributed by atoms with Crippen molar-refractivity contribution < 1.29 is 4.42 Å². The summed E-state index contributed by atoms with van der Waals surface area (Å²) in [6.45, 7) is 4.64. The summed E-state index contributed by atoms with van der Waals surface area (Å²) in [5.74, 6) is 0. The zero-order valence-corrected chi connectivity index (χ0v) is 23.3. The van der Waals surface area contributed by atoms with E-state index in [2.05, 4.69) is 122 Å². The van der Waals surface area contributed by atoms with Crippen LogP contribution in [0.2, 0.25) is 0 Å². The molecule has 198 valence electrons. The second-order valence-electron chi connectivity index (χ2n) is 11.8. The molecule has 0 unspecified atom stereocenters. The van der Waals surface area contributed by atoms with Crippen LogP contribution in [0.3, 0.4) is 0 Å². The highest BCUT2D eigenvalue weighted by Crippen LogP contribution is 2.55. The minimum absolute atomic E-state index is 0.181. The Labute approximate surface area is 243 Å². The van der Waals surface area contributed by atoms with Gasteiger partial charge in [-0.25, -0.2) is 4.98 Å². The number of para-hydroxylation sites is 1. The zero-order chi connectivity index (χ0) is 28.0. The van der Waals surface area contributed by atoms with E-state index in [9.17, 15) is 0 Å². The van der Waals surface area contributed by atoms with Crippen molar-refractivity contribution in [2.24, 2.45) is 0 Å². The van der Waals surface area contributed by atoms with Gasteiger partial charge in [0.05, 0.1) is 16.7 Å². The first-order valence-electron chi connectivity index (χ1n) is 14.4. The molecule has 0 spiro atoms. The number of fused-ring (bicyclic) bond motifs is 10. The molecule has 0 saturated carbocycles. The Morgan fingerprint density at radius 3 is 2.24 bits per heavy atom. The van der Waals surface area contributed by atoms with Gasteiger partial charge >= 0.3 is 0 Å². The molecule has 0 aliphatic heterocycles. The van der Waals surface area contributed by atoms with Gasteiger partial charge in [-0.3, -0.25) is 4.98 Å². The topological polar surface area (TPSA) is 38.9 Å². The number of furan rings is 1.